The van der Waals surface area contributed by atoms with Gasteiger partial charge in [-0.25, -0.2) is 15.8 Å². The van der Waals surface area contributed by atoms with Gasteiger partial charge < -0.3 is 9.55 Å². The molecule has 8 heteroatoms. The van der Waals surface area contributed by atoms with Gasteiger partial charge in [0.1, 0.15) is 17.7 Å². The first kappa shape index (κ1) is 9.74. The standard InChI is InChI=1S/C7H8N6OS/c8-12-4(14)1-13-3-11-5-6(13)9-2-10-7(5)15/h2-3H,1,8H2,(H,12,14)(H,9,10,15). The van der Waals surface area contributed by atoms with Crippen molar-refractivity contribution in [3.63, 3.8) is 0 Å². The Morgan fingerprint density at radius 2 is 2.47 bits per heavy atom. The predicted octanol–water partition coefficient (Wildman–Crippen LogP) is -0.521. The lowest BCUT2D eigenvalue weighted by Gasteiger charge is -2.01. The maximum absolute atomic E-state index is 11.1. The molecule has 0 saturated heterocycles. The minimum absolute atomic E-state index is 0.0856. The van der Waals surface area contributed by atoms with Crippen molar-refractivity contribution in [2.45, 2.75) is 6.54 Å². The van der Waals surface area contributed by atoms with Crippen LogP contribution in [0.1, 0.15) is 0 Å². The van der Waals surface area contributed by atoms with Gasteiger partial charge in [-0.15, -0.1) is 0 Å². The van der Waals surface area contributed by atoms with E-state index in [0.29, 0.717) is 15.8 Å². The van der Waals surface area contributed by atoms with E-state index in [2.05, 4.69) is 15.0 Å². The maximum Gasteiger partial charge on any atom is 0.253 e. The van der Waals surface area contributed by atoms with Crippen LogP contribution in [-0.4, -0.2) is 25.4 Å². The number of rotatable bonds is 2. The third-order valence-electron chi connectivity index (χ3n) is 1.90. The van der Waals surface area contributed by atoms with Gasteiger partial charge in [0.15, 0.2) is 4.64 Å². The molecule has 0 aliphatic carbocycles. The molecular weight excluding hydrogens is 216 g/mol. The quantitative estimate of drug-likeness (QED) is 0.276. The summed E-state index contributed by atoms with van der Waals surface area (Å²) in [7, 11) is 0. The van der Waals surface area contributed by atoms with E-state index in [0.717, 1.165) is 0 Å². The highest BCUT2D eigenvalue weighted by atomic mass is 32.1. The molecule has 0 unspecified atom stereocenters. The number of H-pyrrole nitrogens is 1. The van der Waals surface area contributed by atoms with Gasteiger partial charge in [0, 0.05) is 0 Å². The minimum Gasteiger partial charge on any atom is -0.330 e. The summed E-state index contributed by atoms with van der Waals surface area (Å²) < 4.78 is 2.00. The summed E-state index contributed by atoms with van der Waals surface area (Å²) in [5.41, 5.74) is 3.26. The van der Waals surface area contributed by atoms with Gasteiger partial charge >= 0.3 is 0 Å². The normalized spacial score (nSPS) is 10.5. The zero-order valence-corrected chi connectivity index (χ0v) is 8.41. The number of amides is 1. The van der Waals surface area contributed by atoms with Gasteiger partial charge in [-0.05, 0) is 0 Å². The van der Waals surface area contributed by atoms with Crippen molar-refractivity contribution >= 4 is 29.3 Å². The average molecular weight is 224 g/mol. The Kier molecular flexibility index (Phi) is 2.44. The van der Waals surface area contributed by atoms with E-state index in [1.165, 1.54) is 12.7 Å². The number of hydrogen-bond donors (Lipinski definition) is 3. The molecule has 0 atom stereocenters. The molecule has 0 saturated carbocycles. The SMILES string of the molecule is NNC(=O)Cn1cnc2c(=S)nc[nH]c21. The van der Waals surface area contributed by atoms with Crippen LogP contribution in [0.3, 0.4) is 0 Å². The summed E-state index contributed by atoms with van der Waals surface area (Å²) >= 11 is 4.98. The molecule has 2 rings (SSSR count). The molecule has 0 spiro atoms. The highest BCUT2D eigenvalue weighted by molar-refractivity contribution is 7.71. The smallest absolute Gasteiger partial charge is 0.253 e. The van der Waals surface area contributed by atoms with Gasteiger partial charge in [0.2, 0.25) is 0 Å². The number of carbonyl (C=O) groups is 1. The largest absolute Gasteiger partial charge is 0.330 e. The molecule has 0 aliphatic rings. The summed E-state index contributed by atoms with van der Waals surface area (Å²) in [6.07, 6.45) is 2.97. The van der Waals surface area contributed by atoms with Crippen molar-refractivity contribution in [3.8, 4) is 0 Å². The Morgan fingerprint density at radius 1 is 1.67 bits per heavy atom. The second kappa shape index (κ2) is 3.75. The van der Waals surface area contributed by atoms with E-state index in [9.17, 15) is 4.79 Å². The van der Waals surface area contributed by atoms with Gasteiger partial charge in [-0.1, -0.05) is 12.2 Å². The number of carbonyl (C=O) groups excluding carboxylic acids is 1. The average Bonchev–Trinajstić information content (AvgIpc) is 2.63. The Balaban J connectivity index is 2.50. The Labute approximate surface area is 89.3 Å². The molecule has 0 radical (unpaired) electrons. The van der Waals surface area contributed by atoms with Crippen molar-refractivity contribution in [2.24, 2.45) is 5.84 Å². The zero-order valence-electron chi connectivity index (χ0n) is 7.60. The maximum atomic E-state index is 11.1. The number of nitrogens with zero attached hydrogens (tertiary/aromatic N) is 3. The van der Waals surface area contributed by atoms with Crippen LogP contribution in [0.5, 0.6) is 0 Å². The van der Waals surface area contributed by atoms with Crippen LogP contribution < -0.4 is 11.3 Å². The first-order valence-corrected chi connectivity index (χ1v) is 4.51. The van der Waals surface area contributed by atoms with Gasteiger partial charge in [0.25, 0.3) is 5.91 Å². The number of fused-ring (bicyclic) bond motifs is 1. The number of hydrogen-bond acceptors (Lipinski definition) is 5. The molecule has 78 valence electrons. The number of imidazole rings is 1. The fourth-order valence-electron chi connectivity index (χ4n) is 1.22. The van der Waals surface area contributed by atoms with Crippen molar-refractivity contribution < 1.29 is 4.79 Å². The van der Waals surface area contributed by atoms with Crippen LogP contribution in [0, 0.1) is 4.64 Å². The van der Waals surface area contributed by atoms with E-state index < -0.39 is 0 Å². The van der Waals surface area contributed by atoms with Crippen molar-refractivity contribution in [2.75, 3.05) is 0 Å². The summed E-state index contributed by atoms with van der Waals surface area (Å²) in [4.78, 5) is 21.9. The lowest BCUT2D eigenvalue weighted by molar-refractivity contribution is -0.121. The second-order valence-corrected chi connectivity index (χ2v) is 3.23. The molecule has 15 heavy (non-hydrogen) atoms. The third-order valence-corrected chi connectivity index (χ3v) is 2.20. The zero-order chi connectivity index (χ0) is 10.8. The third kappa shape index (κ3) is 1.72. The van der Waals surface area contributed by atoms with E-state index in [1.807, 2.05) is 5.43 Å². The van der Waals surface area contributed by atoms with Crippen molar-refractivity contribution in [1.29, 1.82) is 0 Å². The first-order valence-electron chi connectivity index (χ1n) is 4.10. The van der Waals surface area contributed by atoms with Crippen molar-refractivity contribution in [3.05, 3.63) is 17.3 Å². The summed E-state index contributed by atoms with van der Waals surface area (Å²) in [5, 5.41) is 0. The molecule has 0 aliphatic heterocycles. The highest BCUT2D eigenvalue weighted by Crippen LogP contribution is 2.08. The number of nitrogens with two attached hydrogens (primary N) is 1. The van der Waals surface area contributed by atoms with Crippen LogP contribution in [0.4, 0.5) is 0 Å². The van der Waals surface area contributed by atoms with Crippen LogP contribution in [-0.2, 0) is 11.3 Å². The van der Waals surface area contributed by atoms with E-state index in [4.69, 9.17) is 18.1 Å². The summed E-state index contributed by atoms with van der Waals surface area (Å²) in [6, 6.07) is 0. The number of aromatic amines is 1. The molecule has 4 N–H and O–H groups in total. The molecule has 0 fully saturated rings. The van der Waals surface area contributed by atoms with Gasteiger partial charge in [-0.2, -0.15) is 0 Å². The molecular formula is C7H8N6OS. The van der Waals surface area contributed by atoms with Crippen LogP contribution in [0.25, 0.3) is 11.2 Å². The highest BCUT2D eigenvalue weighted by Gasteiger charge is 2.07. The lowest BCUT2D eigenvalue weighted by atomic mass is 10.5. The van der Waals surface area contributed by atoms with Gasteiger partial charge in [0.05, 0.1) is 12.7 Å². The second-order valence-electron chi connectivity index (χ2n) is 2.84. The van der Waals surface area contributed by atoms with Crippen LogP contribution in [0.2, 0.25) is 0 Å². The predicted molar refractivity (Wildman–Crippen MR) is 55.0 cm³/mol. The number of hydrazine groups is 1. The lowest BCUT2D eigenvalue weighted by Crippen LogP contribution is -2.33. The molecule has 2 aromatic heterocycles. The molecule has 2 aromatic rings. The first-order chi connectivity index (χ1) is 7.22. The molecule has 0 aromatic carbocycles. The summed E-state index contributed by atoms with van der Waals surface area (Å²) in [5.74, 6) is 4.67. The molecule has 7 nitrogen and oxygen atoms in total. The minimum atomic E-state index is -0.314. The van der Waals surface area contributed by atoms with Gasteiger partial charge in [-0.3, -0.25) is 10.2 Å². The number of nitrogens with one attached hydrogen (secondary N) is 2. The van der Waals surface area contributed by atoms with E-state index in [1.54, 1.807) is 4.57 Å². The Morgan fingerprint density at radius 3 is 3.20 bits per heavy atom. The van der Waals surface area contributed by atoms with Crippen LogP contribution in [0.15, 0.2) is 12.7 Å². The van der Waals surface area contributed by atoms with Crippen LogP contribution >= 0.6 is 12.2 Å². The van der Waals surface area contributed by atoms with Crippen molar-refractivity contribution in [1.82, 2.24) is 24.9 Å². The topological polar surface area (TPSA) is 102 Å². The fraction of sp³-hybridized carbons (Fsp3) is 0.143. The van der Waals surface area contributed by atoms with E-state index in [-0.39, 0.29) is 12.5 Å². The summed E-state index contributed by atoms with van der Waals surface area (Å²) in [6.45, 7) is 0.0856. The fourth-order valence-corrected chi connectivity index (χ4v) is 1.43. The molecule has 1 amide bonds. The monoisotopic (exact) mass is 224 g/mol. The molecule has 0 bridgehead atoms. The Bertz CT molecular complexity index is 558. The molecule has 2 heterocycles. The Hall–Kier alpha value is -1.80. The van der Waals surface area contributed by atoms with E-state index >= 15 is 0 Å². The number of aromatic nitrogens is 4.